The van der Waals surface area contributed by atoms with Gasteiger partial charge in [0.25, 0.3) is 5.91 Å². The number of aromatic nitrogens is 2. The van der Waals surface area contributed by atoms with Gasteiger partial charge in [0, 0.05) is 22.7 Å². The number of hydrogen-bond donors (Lipinski definition) is 2. The van der Waals surface area contributed by atoms with Crippen LogP contribution in [0.2, 0.25) is 5.02 Å². The Morgan fingerprint density at radius 3 is 2.50 bits per heavy atom. The summed E-state index contributed by atoms with van der Waals surface area (Å²) in [6.45, 7) is 1.48. The maximum atomic E-state index is 12.5. The van der Waals surface area contributed by atoms with Gasteiger partial charge < -0.3 is 14.8 Å². The number of nitrogens with one attached hydrogen (secondary N) is 2. The van der Waals surface area contributed by atoms with Crippen LogP contribution in [0.1, 0.15) is 15.9 Å². The first-order valence-electron chi connectivity index (χ1n) is 10.2. The fourth-order valence-corrected chi connectivity index (χ4v) is 3.74. The first kappa shape index (κ1) is 20.2. The number of H-pyrrole nitrogens is 1. The predicted molar refractivity (Wildman–Crippen MR) is 123 cm³/mol. The van der Waals surface area contributed by atoms with Gasteiger partial charge in [0.2, 0.25) is 0 Å². The minimum absolute atomic E-state index is 0.155. The van der Waals surface area contributed by atoms with E-state index in [-0.39, 0.29) is 5.91 Å². The monoisotopic (exact) mass is 445 g/mol. The zero-order valence-electron chi connectivity index (χ0n) is 17.1. The van der Waals surface area contributed by atoms with E-state index in [1.54, 1.807) is 12.1 Å². The highest BCUT2D eigenvalue weighted by Gasteiger charge is 2.14. The highest BCUT2D eigenvalue weighted by Crippen LogP contribution is 2.34. The molecule has 1 aliphatic rings. The standard InChI is InChI=1S/C25H20ClN3O3/c26-20-4-2-1-3-19(20)15-27-25(30)17-7-5-16(6-8-17)21-14-22(29-28-21)18-9-10-23-24(13-18)32-12-11-31-23/h1-10,13-14H,11-12,15H2,(H,27,30)(H,28,29). The number of amides is 1. The van der Waals surface area contributed by atoms with Gasteiger partial charge in [-0.15, -0.1) is 0 Å². The molecule has 0 unspecified atom stereocenters. The Morgan fingerprint density at radius 1 is 0.938 bits per heavy atom. The average molecular weight is 446 g/mol. The first-order chi connectivity index (χ1) is 15.7. The van der Waals surface area contributed by atoms with Crippen molar-refractivity contribution in [1.29, 1.82) is 0 Å². The topological polar surface area (TPSA) is 76.2 Å². The van der Waals surface area contributed by atoms with Crippen molar-refractivity contribution in [3.05, 3.63) is 88.9 Å². The van der Waals surface area contributed by atoms with Crippen molar-refractivity contribution in [2.75, 3.05) is 13.2 Å². The Kier molecular flexibility index (Phi) is 5.52. The molecule has 160 valence electrons. The normalized spacial score (nSPS) is 12.4. The average Bonchev–Trinajstić information content (AvgIpc) is 3.33. The highest BCUT2D eigenvalue weighted by molar-refractivity contribution is 6.31. The van der Waals surface area contributed by atoms with Crippen molar-refractivity contribution in [2.24, 2.45) is 0 Å². The summed E-state index contributed by atoms with van der Waals surface area (Å²) < 4.78 is 11.2. The number of benzene rings is 3. The zero-order chi connectivity index (χ0) is 21.9. The summed E-state index contributed by atoms with van der Waals surface area (Å²) >= 11 is 6.15. The molecule has 3 aromatic carbocycles. The molecule has 0 saturated heterocycles. The van der Waals surface area contributed by atoms with Gasteiger partial charge in [0.05, 0.1) is 11.4 Å². The van der Waals surface area contributed by atoms with Crippen molar-refractivity contribution in [3.63, 3.8) is 0 Å². The molecule has 0 aliphatic carbocycles. The zero-order valence-corrected chi connectivity index (χ0v) is 17.9. The smallest absolute Gasteiger partial charge is 0.251 e. The van der Waals surface area contributed by atoms with Crippen molar-refractivity contribution in [3.8, 4) is 34.0 Å². The van der Waals surface area contributed by atoms with Crippen LogP contribution >= 0.6 is 11.6 Å². The quantitative estimate of drug-likeness (QED) is 0.448. The number of nitrogens with zero attached hydrogens (tertiary/aromatic N) is 1. The Balaban J connectivity index is 1.28. The number of aromatic amines is 1. The van der Waals surface area contributed by atoms with Crippen molar-refractivity contribution >= 4 is 17.5 Å². The maximum Gasteiger partial charge on any atom is 0.251 e. The molecule has 1 aliphatic heterocycles. The van der Waals surface area contributed by atoms with Gasteiger partial charge in [-0.2, -0.15) is 5.10 Å². The highest BCUT2D eigenvalue weighted by atomic mass is 35.5. The molecule has 0 bridgehead atoms. The Labute approximate surface area is 190 Å². The largest absolute Gasteiger partial charge is 0.486 e. The van der Waals surface area contributed by atoms with Crippen LogP contribution in [-0.4, -0.2) is 29.3 Å². The number of ether oxygens (including phenoxy) is 2. The fraction of sp³-hybridized carbons (Fsp3) is 0.120. The second-order valence-electron chi connectivity index (χ2n) is 7.38. The molecule has 0 fully saturated rings. The van der Waals surface area contributed by atoms with Crippen LogP contribution in [0.25, 0.3) is 22.5 Å². The third kappa shape index (κ3) is 4.18. The van der Waals surface area contributed by atoms with Gasteiger partial charge in [-0.25, -0.2) is 0 Å². The van der Waals surface area contributed by atoms with E-state index in [2.05, 4.69) is 15.5 Å². The molecule has 0 spiro atoms. The minimum atomic E-state index is -0.155. The van der Waals surface area contributed by atoms with Crippen LogP contribution in [0.4, 0.5) is 0 Å². The summed E-state index contributed by atoms with van der Waals surface area (Å²) in [5.41, 5.74) is 4.99. The van der Waals surface area contributed by atoms with Crippen LogP contribution in [0.15, 0.2) is 72.8 Å². The van der Waals surface area contributed by atoms with Crippen molar-refractivity contribution in [2.45, 2.75) is 6.54 Å². The molecular formula is C25H20ClN3O3. The molecular weight excluding hydrogens is 426 g/mol. The molecule has 2 N–H and O–H groups in total. The minimum Gasteiger partial charge on any atom is -0.486 e. The molecule has 32 heavy (non-hydrogen) atoms. The second-order valence-corrected chi connectivity index (χ2v) is 7.78. The lowest BCUT2D eigenvalue weighted by Gasteiger charge is -2.18. The summed E-state index contributed by atoms with van der Waals surface area (Å²) in [6, 6.07) is 22.6. The Bertz CT molecular complexity index is 1270. The summed E-state index contributed by atoms with van der Waals surface area (Å²) in [5.74, 6) is 1.32. The molecule has 1 aromatic heterocycles. The maximum absolute atomic E-state index is 12.5. The first-order valence-corrected chi connectivity index (χ1v) is 10.6. The molecule has 0 saturated carbocycles. The van der Waals surface area contributed by atoms with Crippen LogP contribution in [0.5, 0.6) is 11.5 Å². The van der Waals surface area contributed by atoms with Gasteiger partial charge in [-0.3, -0.25) is 9.89 Å². The number of rotatable bonds is 5. The summed E-state index contributed by atoms with van der Waals surface area (Å²) in [4.78, 5) is 12.5. The number of halogens is 1. The number of hydrogen-bond acceptors (Lipinski definition) is 4. The lowest BCUT2D eigenvalue weighted by Crippen LogP contribution is -2.22. The summed E-state index contributed by atoms with van der Waals surface area (Å²) in [5, 5.41) is 11.0. The van der Waals surface area contributed by atoms with Gasteiger partial charge in [0.15, 0.2) is 11.5 Å². The van der Waals surface area contributed by atoms with Crippen molar-refractivity contribution < 1.29 is 14.3 Å². The van der Waals surface area contributed by atoms with E-state index in [1.807, 2.05) is 60.7 Å². The van der Waals surface area contributed by atoms with E-state index in [0.717, 1.165) is 39.6 Å². The van der Waals surface area contributed by atoms with Gasteiger partial charge in [0.1, 0.15) is 13.2 Å². The molecule has 7 heteroatoms. The van der Waals surface area contributed by atoms with E-state index in [1.165, 1.54) is 0 Å². The molecule has 2 heterocycles. The number of fused-ring (bicyclic) bond motifs is 1. The van der Waals surface area contributed by atoms with Gasteiger partial charge >= 0.3 is 0 Å². The van der Waals surface area contributed by atoms with E-state index in [9.17, 15) is 4.79 Å². The van der Waals surface area contributed by atoms with E-state index in [0.29, 0.717) is 30.3 Å². The fourth-order valence-electron chi connectivity index (χ4n) is 3.54. The lowest BCUT2D eigenvalue weighted by molar-refractivity contribution is 0.0951. The molecule has 6 nitrogen and oxygen atoms in total. The molecule has 0 atom stereocenters. The number of carbonyl (C=O) groups is 1. The van der Waals surface area contributed by atoms with E-state index in [4.69, 9.17) is 21.1 Å². The molecule has 0 radical (unpaired) electrons. The predicted octanol–water partition coefficient (Wildman–Crippen LogP) is 5.10. The van der Waals surface area contributed by atoms with E-state index < -0.39 is 0 Å². The van der Waals surface area contributed by atoms with Crippen LogP contribution in [-0.2, 0) is 6.54 Å². The third-order valence-corrected chi connectivity index (χ3v) is 5.64. The SMILES string of the molecule is O=C(NCc1ccccc1Cl)c1ccc(-c2cc(-c3ccc4c(c3)OCCO4)n[nH]2)cc1. The third-order valence-electron chi connectivity index (χ3n) is 5.27. The Morgan fingerprint density at radius 2 is 1.69 bits per heavy atom. The molecule has 4 aromatic rings. The van der Waals surface area contributed by atoms with Gasteiger partial charge in [-0.05, 0) is 53.6 Å². The summed E-state index contributed by atoms with van der Waals surface area (Å²) in [7, 11) is 0. The van der Waals surface area contributed by atoms with Crippen LogP contribution in [0, 0.1) is 0 Å². The lowest BCUT2D eigenvalue weighted by atomic mass is 10.1. The molecule has 5 rings (SSSR count). The van der Waals surface area contributed by atoms with Crippen molar-refractivity contribution in [1.82, 2.24) is 15.5 Å². The second kappa shape index (κ2) is 8.77. The van der Waals surface area contributed by atoms with Crippen LogP contribution < -0.4 is 14.8 Å². The Hall–Kier alpha value is -3.77. The number of carbonyl (C=O) groups excluding carboxylic acids is 1. The summed E-state index contributed by atoms with van der Waals surface area (Å²) in [6.07, 6.45) is 0. The van der Waals surface area contributed by atoms with E-state index >= 15 is 0 Å². The van der Waals surface area contributed by atoms with Crippen LogP contribution in [0.3, 0.4) is 0 Å². The molecule has 1 amide bonds. The van der Waals surface area contributed by atoms with Gasteiger partial charge in [-0.1, -0.05) is 41.9 Å².